The van der Waals surface area contributed by atoms with Crippen LogP contribution in [-0.4, -0.2) is 44.5 Å². The number of esters is 2. The molecule has 0 aliphatic heterocycles. The van der Waals surface area contributed by atoms with Crippen molar-refractivity contribution in [2.24, 2.45) is 10.8 Å². The maximum atomic E-state index is 13.0. The summed E-state index contributed by atoms with van der Waals surface area (Å²) in [5.41, 5.74) is -0.541. The van der Waals surface area contributed by atoms with Crippen molar-refractivity contribution in [1.82, 2.24) is 4.31 Å². The van der Waals surface area contributed by atoms with Crippen LogP contribution < -0.4 is 0 Å². The van der Waals surface area contributed by atoms with Crippen molar-refractivity contribution in [3.63, 3.8) is 0 Å². The van der Waals surface area contributed by atoms with Gasteiger partial charge in [0.15, 0.2) is 6.73 Å². The molecule has 8 heteroatoms. The van der Waals surface area contributed by atoms with Gasteiger partial charge in [0, 0.05) is 0 Å². The second-order valence-corrected chi connectivity index (χ2v) is 10.6. The molecular weight excluding hydrogens is 382 g/mol. The van der Waals surface area contributed by atoms with E-state index in [9.17, 15) is 18.0 Å². The molecule has 0 bridgehead atoms. The van der Waals surface area contributed by atoms with Gasteiger partial charge in [-0.05, 0) is 60.6 Å². The lowest BCUT2D eigenvalue weighted by Gasteiger charge is -2.25. The Balaban J connectivity index is 2.98. The Labute approximate surface area is 168 Å². The molecule has 0 saturated heterocycles. The summed E-state index contributed by atoms with van der Waals surface area (Å²) >= 11 is 0. The van der Waals surface area contributed by atoms with E-state index in [4.69, 9.17) is 9.47 Å². The molecule has 0 spiro atoms. The Kier molecular flexibility index (Phi) is 7.79. The van der Waals surface area contributed by atoms with Crippen LogP contribution in [0.4, 0.5) is 0 Å². The van der Waals surface area contributed by atoms with Gasteiger partial charge in [-0.1, -0.05) is 17.7 Å². The molecule has 0 aliphatic rings. The Morgan fingerprint density at radius 2 is 1.36 bits per heavy atom. The van der Waals surface area contributed by atoms with E-state index in [-0.39, 0.29) is 18.0 Å². The predicted molar refractivity (Wildman–Crippen MR) is 106 cm³/mol. The maximum absolute atomic E-state index is 13.0. The van der Waals surface area contributed by atoms with Gasteiger partial charge in [-0.3, -0.25) is 9.59 Å². The van der Waals surface area contributed by atoms with Crippen LogP contribution in [0.3, 0.4) is 0 Å². The summed E-state index contributed by atoms with van der Waals surface area (Å²) in [6.45, 7) is 11.3. The molecule has 0 saturated carbocycles. The van der Waals surface area contributed by atoms with Crippen LogP contribution in [0.5, 0.6) is 0 Å². The summed E-state index contributed by atoms with van der Waals surface area (Å²) < 4.78 is 37.3. The topological polar surface area (TPSA) is 90.0 Å². The summed E-state index contributed by atoms with van der Waals surface area (Å²) in [6, 6.07) is 6.35. The van der Waals surface area contributed by atoms with Crippen LogP contribution in [0.1, 0.15) is 47.1 Å². The lowest BCUT2D eigenvalue weighted by atomic mass is 9.97. The monoisotopic (exact) mass is 413 g/mol. The van der Waals surface area contributed by atoms with Gasteiger partial charge in [-0.25, -0.2) is 8.42 Å². The Morgan fingerprint density at radius 1 is 0.893 bits per heavy atom. The molecule has 0 radical (unpaired) electrons. The molecule has 0 amide bonds. The molecule has 0 aromatic heterocycles. The highest BCUT2D eigenvalue weighted by atomic mass is 32.2. The average Bonchev–Trinajstić information content (AvgIpc) is 2.55. The summed E-state index contributed by atoms with van der Waals surface area (Å²) in [5.74, 6) is -0.963. The summed E-state index contributed by atoms with van der Waals surface area (Å²) in [4.78, 5) is 24.1. The fourth-order valence-corrected chi connectivity index (χ4v) is 3.20. The van der Waals surface area contributed by atoms with E-state index in [0.717, 1.165) is 9.87 Å². The third kappa shape index (κ3) is 6.91. The molecule has 0 heterocycles. The number of nitrogens with zero attached hydrogens (tertiary/aromatic N) is 1. The van der Waals surface area contributed by atoms with Gasteiger partial charge >= 0.3 is 11.9 Å². The maximum Gasteiger partial charge on any atom is 0.312 e. The number of carbonyl (C=O) groups is 2. The smallest absolute Gasteiger partial charge is 0.312 e. The Bertz CT molecular complexity index is 785. The number of aryl methyl sites for hydroxylation is 1. The zero-order valence-electron chi connectivity index (χ0n) is 17.7. The first-order chi connectivity index (χ1) is 12.7. The van der Waals surface area contributed by atoms with Crippen LogP contribution in [0.15, 0.2) is 29.2 Å². The normalized spacial score (nSPS) is 12.7. The van der Waals surface area contributed by atoms with Crippen molar-refractivity contribution in [2.75, 3.05) is 19.9 Å². The van der Waals surface area contributed by atoms with Crippen molar-refractivity contribution in [1.29, 1.82) is 0 Å². The van der Waals surface area contributed by atoms with Gasteiger partial charge in [0.2, 0.25) is 10.0 Å². The van der Waals surface area contributed by atoms with E-state index in [1.807, 2.05) is 6.92 Å². The SMILES string of the molecule is Cc1ccc(S(=O)(=O)N(CCOC(=O)C(C)(C)C)COC(=O)C(C)(C)C)cc1. The summed E-state index contributed by atoms with van der Waals surface area (Å²) in [6.07, 6.45) is 0. The zero-order valence-corrected chi connectivity index (χ0v) is 18.6. The second-order valence-electron chi connectivity index (χ2n) is 8.69. The van der Waals surface area contributed by atoms with Crippen LogP contribution in [-0.2, 0) is 29.1 Å². The van der Waals surface area contributed by atoms with Crippen molar-refractivity contribution in [3.05, 3.63) is 29.8 Å². The van der Waals surface area contributed by atoms with E-state index in [0.29, 0.717) is 0 Å². The molecule has 0 unspecified atom stereocenters. The molecule has 0 fully saturated rings. The molecule has 0 N–H and O–H groups in total. The molecule has 7 nitrogen and oxygen atoms in total. The fraction of sp³-hybridized carbons (Fsp3) is 0.600. The van der Waals surface area contributed by atoms with Crippen molar-refractivity contribution >= 4 is 22.0 Å². The highest BCUT2D eigenvalue weighted by Crippen LogP contribution is 2.20. The largest absolute Gasteiger partial charge is 0.464 e. The van der Waals surface area contributed by atoms with E-state index in [1.165, 1.54) is 12.1 Å². The number of ether oxygens (including phenoxy) is 2. The first-order valence-electron chi connectivity index (χ1n) is 9.07. The van der Waals surface area contributed by atoms with Crippen molar-refractivity contribution in [2.45, 2.75) is 53.4 Å². The molecule has 1 rings (SSSR count). The predicted octanol–water partition coefficient (Wildman–Crippen LogP) is 3.12. The third-order valence-electron chi connectivity index (χ3n) is 3.80. The summed E-state index contributed by atoms with van der Waals surface area (Å²) in [7, 11) is -3.93. The van der Waals surface area contributed by atoms with Gasteiger partial charge in [0.1, 0.15) is 6.61 Å². The van der Waals surface area contributed by atoms with Gasteiger partial charge in [0.05, 0.1) is 22.3 Å². The number of hydrogen-bond acceptors (Lipinski definition) is 6. The van der Waals surface area contributed by atoms with Gasteiger partial charge in [-0.15, -0.1) is 0 Å². The average molecular weight is 414 g/mol. The molecule has 28 heavy (non-hydrogen) atoms. The Hall–Kier alpha value is -1.93. The highest BCUT2D eigenvalue weighted by molar-refractivity contribution is 7.89. The molecule has 1 aromatic rings. The molecular formula is C20H31NO6S. The van der Waals surface area contributed by atoms with Gasteiger partial charge < -0.3 is 9.47 Å². The van der Waals surface area contributed by atoms with Crippen molar-refractivity contribution < 1.29 is 27.5 Å². The minimum absolute atomic E-state index is 0.0760. The second kappa shape index (κ2) is 9.05. The standard InChI is InChI=1S/C20H31NO6S/c1-15-8-10-16(11-9-15)28(24,25)21(14-27-18(23)20(5,6)7)12-13-26-17(22)19(2,3)4/h8-11H,12-14H2,1-7H3. The zero-order chi connectivity index (χ0) is 21.8. The van der Waals surface area contributed by atoms with E-state index in [2.05, 4.69) is 0 Å². The van der Waals surface area contributed by atoms with Crippen LogP contribution in [0, 0.1) is 17.8 Å². The van der Waals surface area contributed by atoms with Crippen LogP contribution in [0.25, 0.3) is 0 Å². The summed E-state index contributed by atoms with van der Waals surface area (Å²) in [5, 5.41) is 0. The fourth-order valence-electron chi connectivity index (χ4n) is 1.92. The number of sulfonamides is 1. The number of benzene rings is 1. The van der Waals surface area contributed by atoms with E-state index >= 15 is 0 Å². The number of carbonyl (C=O) groups excluding carboxylic acids is 2. The first kappa shape index (κ1) is 24.1. The van der Waals surface area contributed by atoms with Crippen LogP contribution >= 0.6 is 0 Å². The van der Waals surface area contributed by atoms with E-state index < -0.39 is 39.5 Å². The number of rotatable bonds is 7. The van der Waals surface area contributed by atoms with E-state index in [1.54, 1.807) is 53.7 Å². The molecule has 0 atom stereocenters. The van der Waals surface area contributed by atoms with Crippen molar-refractivity contribution in [3.8, 4) is 0 Å². The minimum atomic E-state index is -3.93. The lowest BCUT2D eigenvalue weighted by molar-refractivity contribution is -0.158. The lowest BCUT2D eigenvalue weighted by Crippen LogP contribution is -2.39. The third-order valence-corrected chi connectivity index (χ3v) is 5.63. The molecule has 158 valence electrons. The Morgan fingerprint density at radius 3 is 1.82 bits per heavy atom. The number of hydrogen-bond donors (Lipinski definition) is 0. The van der Waals surface area contributed by atoms with Gasteiger partial charge in [-0.2, -0.15) is 4.31 Å². The molecule has 0 aliphatic carbocycles. The first-order valence-corrected chi connectivity index (χ1v) is 10.5. The highest BCUT2D eigenvalue weighted by Gasteiger charge is 2.30. The minimum Gasteiger partial charge on any atom is -0.464 e. The molecule has 1 aromatic carbocycles. The quantitative estimate of drug-likeness (QED) is 0.504. The van der Waals surface area contributed by atoms with Crippen LogP contribution in [0.2, 0.25) is 0 Å². The van der Waals surface area contributed by atoms with Gasteiger partial charge in [0.25, 0.3) is 0 Å².